The van der Waals surface area contributed by atoms with Gasteiger partial charge in [-0.15, -0.1) is 0 Å². The van der Waals surface area contributed by atoms with Crippen molar-refractivity contribution in [3.05, 3.63) is 47.0 Å². The lowest BCUT2D eigenvalue weighted by Crippen LogP contribution is -2.47. The van der Waals surface area contributed by atoms with E-state index in [0.717, 1.165) is 51.1 Å². The summed E-state index contributed by atoms with van der Waals surface area (Å²) in [5.74, 6) is 1.18. The molecule has 3 heterocycles. The molecule has 7 nitrogen and oxygen atoms in total. The maximum atomic E-state index is 11.4. The molecule has 170 valence electrons. The summed E-state index contributed by atoms with van der Waals surface area (Å²) in [5.41, 5.74) is 5.64. The van der Waals surface area contributed by atoms with E-state index in [4.69, 9.17) is 4.74 Å². The molecule has 1 saturated heterocycles. The number of piperazine rings is 1. The number of pyridine rings is 1. The third kappa shape index (κ3) is 4.83. The number of hydrogen-bond acceptors (Lipinski definition) is 5. The largest absolute Gasteiger partial charge is 0.478 e. The zero-order chi connectivity index (χ0) is 21.8. The summed E-state index contributed by atoms with van der Waals surface area (Å²) in [6.45, 7) is 6.76. The quantitative estimate of drug-likeness (QED) is 0.651. The first-order chi connectivity index (χ1) is 15.8. The first-order valence-electron chi connectivity index (χ1n) is 12.0. The van der Waals surface area contributed by atoms with Crippen molar-refractivity contribution in [2.45, 2.75) is 45.1 Å². The molecule has 1 aromatic carbocycles. The minimum Gasteiger partial charge on any atom is -0.478 e. The molecule has 0 radical (unpaired) electrons. The van der Waals surface area contributed by atoms with Gasteiger partial charge in [0.1, 0.15) is 5.82 Å². The summed E-state index contributed by atoms with van der Waals surface area (Å²) in [6.07, 6.45) is 7.28. The van der Waals surface area contributed by atoms with Crippen LogP contribution in [0, 0.1) is 0 Å². The van der Waals surface area contributed by atoms with Crippen LogP contribution < -0.4 is 20.3 Å². The van der Waals surface area contributed by atoms with Gasteiger partial charge in [-0.2, -0.15) is 4.98 Å². The highest BCUT2D eigenvalue weighted by Crippen LogP contribution is 2.31. The van der Waals surface area contributed by atoms with Crippen molar-refractivity contribution < 1.29 is 9.53 Å². The Morgan fingerprint density at radius 1 is 0.969 bits per heavy atom. The van der Waals surface area contributed by atoms with Gasteiger partial charge < -0.3 is 15.0 Å². The van der Waals surface area contributed by atoms with Gasteiger partial charge in [0.05, 0.1) is 6.61 Å². The summed E-state index contributed by atoms with van der Waals surface area (Å²) in [4.78, 5) is 21.0. The van der Waals surface area contributed by atoms with Crippen LogP contribution in [-0.4, -0.2) is 55.2 Å². The Morgan fingerprint density at radius 3 is 2.75 bits per heavy atom. The van der Waals surface area contributed by atoms with Crippen molar-refractivity contribution in [1.29, 1.82) is 0 Å². The van der Waals surface area contributed by atoms with Crippen molar-refractivity contribution in [1.82, 2.24) is 15.2 Å². The molecule has 2 aliphatic heterocycles. The van der Waals surface area contributed by atoms with E-state index in [2.05, 4.69) is 43.6 Å². The number of urea groups is 1. The molecule has 0 unspecified atom stereocenters. The molecule has 0 bridgehead atoms. The molecule has 0 spiro atoms. The fourth-order valence-corrected chi connectivity index (χ4v) is 5.01. The van der Waals surface area contributed by atoms with Crippen LogP contribution >= 0.6 is 0 Å². The molecule has 5 rings (SSSR count). The molecule has 7 heteroatoms. The van der Waals surface area contributed by atoms with Gasteiger partial charge in [0.25, 0.3) is 0 Å². The van der Waals surface area contributed by atoms with Crippen molar-refractivity contribution >= 4 is 17.5 Å². The second kappa shape index (κ2) is 9.77. The van der Waals surface area contributed by atoms with E-state index in [1.165, 1.54) is 31.4 Å². The highest BCUT2D eigenvalue weighted by Gasteiger charge is 2.21. The zero-order valence-electron chi connectivity index (χ0n) is 18.7. The average molecular weight is 436 g/mol. The van der Waals surface area contributed by atoms with Crippen molar-refractivity contribution in [2.24, 2.45) is 0 Å². The second-order valence-corrected chi connectivity index (χ2v) is 8.97. The molecular weight excluding hydrogens is 402 g/mol. The standard InChI is InChI=1S/C25H33N5O2/c31-25-26-18-20-10-11-23(27-24(20)28-25)32-17-4-3-12-29-13-15-30(16-14-29)22-9-5-7-19-6-1-2-8-21(19)22/h5,7,9-11H,1-4,6,8,12-18H2,(H2,26,27,28,31). The molecule has 2 amide bonds. The number of hydrogen-bond donors (Lipinski definition) is 2. The Labute approximate surface area is 190 Å². The monoisotopic (exact) mass is 435 g/mol. The minimum atomic E-state index is -0.214. The Balaban J connectivity index is 1.03. The predicted molar refractivity (Wildman–Crippen MR) is 127 cm³/mol. The fraction of sp³-hybridized carbons (Fsp3) is 0.520. The number of fused-ring (bicyclic) bond motifs is 2. The third-order valence-electron chi connectivity index (χ3n) is 6.83. The average Bonchev–Trinajstić information content (AvgIpc) is 2.83. The number of benzene rings is 1. The lowest BCUT2D eigenvalue weighted by molar-refractivity contribution is 0.236. The van der Waals surface area contributed by atoms with E-state index in [0.29, 0.717) is 24.8 Å². The van der Waals surface area contributed by atoms with Crippen LogP contribution in [0.4, 0.5) is 16.3 Å². The van der Waals surface area contributed by atoms with Crippen molar-refractivity contribution in [3.8, 4) is 5.88 Å². The topological polar surface area (TPSA) is 69.7 Å². The molecule has 32 heavy (non-hydrogen) atoms. The molecule has 0 saturated carbocycles. The van der Waals surface area contributed by atoms with E-state index < -0.39 is 0 Å². The van der Waals surface area contributed by atoms with E-state index in [9.17, 15) is 4.79 Å². The Bertz CT molecular complexity index is 955. The Morgan fingerprint density at radius 2 is 1.84 bits per heavy atom. The first-order valence-corrected chi connectivity index (χ1v) is 12.0. The molecule has 2 N–H and O–H groups in total. The van der Waals surface area contributed by atoms with E-state index in [1.54, 1.807) is 11.1 Å². The molecule has 2 aromatic rings. The number of aromatic nitrogens is 1. The number of aryl methyl sites for hydroxylation is 1. The number of amides is 2. The van der Waals surface area contributed by atoms with Crippen LogP contribution in [0.1, 0.15) is 42.4 Å². The summed E-state index contributed by atoms with van der Waals surface area (Å²) >= 11 is 0. The molecule has 1 aromatic heterocycles. The number of unbranched alkanes of at least 4 members (excludes halogenated alkanes) is 1. The van der Waals surface area contributed by atoms with Gasteiger partial charge in [-0.3, -0.25) is 10.2 Å². The molecule has 1 aliphatic carbocycles. The second-order valence-electron chi connectivity index (χ2n) is 8.97. The molecule has 0 atom stereocenters. The normalized spacial score (nSPS) is 18.4. The van der Waals surface area contributed by atoms with Crippen LogP contribution in [0.5, 0.6) is 5.88 Å². The molecule has 3 aliphatic rings. The van der Waals surface area contributed by atoms with E-state index >= 15 is 0 Å². The van der Waals surface area contributed by atoms with E-state index in [1.807, 2.05) is 12.1 Å². The lowest BCUT2D eigenvalue weighted by atomic mass is 9.90. The maximum Gasteiger partial charge on any atom is 0.320 e. The van der Waals surface area contributed by atoms with Gasteiger partial charge in [0, 0.05) is 50.0 Å². The fourth-order valence-electron chi connectivity index (χ4n) is 5.01. The third-order valence-corrected chi connectivity index (χ3v) is 6.83. The number of anilines is 2. The number of nitrogens with zero attached hydrogens (tertiary/aromatic N) is 3. The number of rotatable bonds is 7. The van der Waals surface area contributed by atoms with Crippen LogP contribution in [0.15, 0.2) is 30.3 Å². The van der Waals surface area contributed by atoms with Gasteiger partial charge in [-0.05, 0) is 68.3 Å². The van der Waals surface area contributed by atoms with E-state index in [-0.39, 0.29) is 6.03 Å². The van der Waals surface area contributed by atoms with Crippen molar-refractivity contribution in [3.63, 3.8) is 0 Å². The van der Waals surface area contributed by atoms with Gasteiger partial charge >= 0.3 is 6.03 Å². The zero-order valence-corrected chi connectivity index (χ0v) is 18.7. The number of carbonyl (C=O) groups is 1. The highest BCUT2D eigenvalue weighted by atomic mass is 16.5. The van der Waals surface area contributed by atoms with Crippen LogP contribution in [-0.2, 0) is 19.4 Å². The smallest absolute Gasteiger partial charge is 0.320 e. The number of nitrogens with one attached hydrogen (secondary N) is 2. The van der Waals surface area contributed by atoms with Gasteiger partial charge in [0.15, 0.2) is 0 Å². The van der Waals surface area contributed by atoms with Crippen LogP contribution in [0.2, 0.25) is 0 Å². The van der Waals surface area contributed by atoms with Gasteiger partial charge in [-0.25, -0.2) is 4.79 Å². The summed E-state index contributed by atoms with van der Waals surface area (Å²) < 4.78 is 5.81. The SMILES string of the molecule is O=C1NCc2ccc(OCCCCN3CCN(c4cccc5c4CCCC5)CC3)nc2N1. The Kier molecular flexibility index (Phi) is 6.44. The Hall–Kier alpha value is -2.80. The summed E-state index contributed by atoms with van der Waals surface area (Å²) in [5, 5.41) is 5.46. The lowest BCUT2D eigenvalue weighted by Gasteiger charge is -2.38. The van der Waals surface area contributed by atoms with Crippen molar-refractivity contribution in [2.75, 3.05) is 49.5 Å². The number of ether oxygens (including phenoxy) is 1. The minimum absolute atomic E-state index is 0.214. The summed E-state index contributed by atoms with van der Waals surface area (Å²) in [7, 11) is 0. The summed E-state index contributed by atoms with van der Waals surface area (Å²) in [6, 6.07) is 10.5. The number of carbonyl (C=O) groups excluding carboxylic acids is 1. The molecular formula is C25H33N5O2. The molecule has 1 fully saturated rings. The first kappa shape index (κ1) is 21.1. The van der Waals surface area contributed by atoms with Gasteiger partial charge in [-0.1, -0.05) is 12.1 Å². The predicted octanol–water partition coefficient (Wildman–Crippen LogP) is 3.58. The maximum absolute atomic E-state index is 11.4. The van der Waals surface area contributed by atoms with Crippen LogP contribution in [0.25, 0.3) is 0 Å². The highest BCUT2D eigenvalue weighted by molar-refractivity contribution is 5.91. The van der Waals surface area contributed by atoms with Gasteiger partial charge in [0.2, 0.25) is 5.88 Å². The van der Waals surface area contributed by atoms with Crippen LogP contribution in [0.3, 0.4) is 0 Å².